The van der Waals surface area contributed by atoms with Gasteiger partial charge in [-0.2, -0.15) is 5.10 Å². The largest absolute Gasteiger partial charge is 0.253 e. The lowest BCUT2D eigenvalue weighted by molar-refractivity contribution is 0.417. The smallest absolute Gasteiger partial charge is 0.138 e. The van der Waals surface area contributed by atoms with Gasteiger partial charge in [-0.3, -0.25) is 4.68 Å². The second-order valence-electron chi connectivity index (χ2n) is 3.58. The van der Waals surface area contributed by atoms with Gasteiger partial charge in [0.2, 0.25) is 0 Å². The lowest BCUT2D eigenvalue weighted by Crippen LogP contribution is -2.10. The molecule has 66 valence electrons. The molecule has 3 heteroatoms. The van der Waals surface area contributed by atoms with Gasteiger partial charge in [-0.25, -0.2) is 4.98 Å². The Hall–Kier alpha value is -0.860. The normalized spacial score (nSPS) is 19.8. The molecule has 0 amide bonds. The number of rotatable bonds is 1. The molecule has 0 unspecified atom stereocenters. The van der Waals surface area contributed by atoms with Crippen LogP contribution in [0.15, 0.2) is 6.33 Å². The molecule has 1 aromatic heterocycles. The molecule has 1 aromatic rings. The lowest BCUT2D eigenvalue weighted by Gasteiger charge is -2.20. The van der Waals surface area contributed by atoms with Crippen LogP contribution in [0, 0.1) is 0 Å². The predicted octanol–water partition coefficient (Wildman–Crippen LogP) is 1.86. The molecule has 1 aliphatic carbocycles. The fourth-order valence-electron chi connectivity index (χ4n) is 2.04. The SMILES string of the molecule is Cn1ncnc1C1CCCCC1. The van der Waals surface area contributed by atoms with Crippen molar-refractivity contribution in [2.75, 3.05) is 0 Å². The molecule has 3 nitrogen and oxygen atoms in total. The number of nitrogens with zero attached hydrogens (tertiary/aromatic N) is 3. The highest BCUT2D eigenvalue weighted by atomic mass is 15.3. The van der Waals surface area contributed by atoms with Crippen molar-refractivity contribution in [2.24, 2.45) is 7.05 Å². The van der Waals surface area contributed by atoms with E-state index in [1.54, 1.807) is 6.33 Å². The van der Waals surface area contributed by atoms with Gasteiger partial charge in [0, 0.05) is 13.0 Å². The Morgan fingerprint density at radius 1 is 1.33 bits per heavy atom. The fraction of sp³-hybridized carbons (Fsp3) is 0.778. The first-order chi connectivity index (χ1) is 5.88. The van der Waals surface area contributed by atoms with Gasteiger partial charge in [0.05, 0.1) is 0 Å². The second-order valence-corrected chi connectivity index (χ2v) is 3.58. The molecular formula is C9H15N3. The summed E-state index contributed by atoms with van der Waals surface area (Å²) in [6, 6.07) is 0. The minimum atomic E-state index is 0.672. The Morgan fingerprint density at radius 2 is 2.08 bits per heavy atom. The zero-order chi connectivity index (χ0) is 8.39. The lowest BCUT2D eigenvalue weighted by atomic mass is 9.89. The van der Waals surface area contributed by atoms with Crippen LogP contribution in [0.5, 0.6) is 0 Å². The highest BCUT2D eigenvalue weighted by Gasteiger charge is 2.18. The molecule has 1 heterocycles. The number of aryl methyl sites for hydroxylation is 1. The average molecular weight is 165 g/mol. The summed E-state index contributed by atoms with van der Waals surface area (Å²) in [6.45, 7) is 0. The van der Waals surface area contributed by atoms with Gasteiger partial charge in [0.25, 0.3) is 0 Å². The third kappa shape index (κ3) is 1.36. The van der Waals surface area contributed by atoms with Gasteiger partial charge in [0.15, 0.2) is 0 Å². The fourth-order valence-corrected chi connectivity index (χ4v) is 2.04. The van der Waals surface area contributed by atoms with Crippen LogP contribution in [0.1, 0.15) is 43.8 Å². The summed E-state index contributed by atoms with van der Waals surface area (Å²) in [7, 11) is 1.98. The molecule has 12 heavy (non-hydrogen) atoms. The summed E-state index contributed by atoms with van der Waals surface area (Å²) >= 11 is 0. The highest BCUT2D eigenvalue weighted by Crippen LogP contribution is 2.30. The molecule has 1 aliphatic rings. The summed E-state index contributed by atoms with van der Waals surface area (Å²) in [6.07, 6.45) is 8.37. The Labute approximate surface area is 72.8 Å². The van der Waals surface area contributed by atoms with E-state index in [1.807, 2.05) is 11.7 Å². The van der Waals surface area contributed by atoms with Crippen molar-refractivity contribution in [1.29, 1.82) is 0 Å². The van der Waals surface area contributed by atoms with Gasteiger partial charge in [-0.1, -0.05) is 19.3 Å². The summed E-state index contributed by atoms with van der Waals surface area (Å²) in [5.74, 6) is 1.85. The number of aromatic nitrogens is 3. The van der Waals surface area contributed by atoms with Crippen LogP contribution in [0.4, 0.5) is 0 Å². The predicted molar refractivity (Wildman–Crippen MR) is 46.8 cm³/mol. The maximum Gasteiger partial charge on any atom is 0.138 e. The molecule has 1 saturated carbocycles. The minimum absolute atomic E-state index is 0.672. The maximum absolute atomic E-state index is 4.29. The van der Waals surface area contributed by atoms with E-state index < -0.39 is 0 Å². The van der Waals surface area contributed by atoms with E-state index >= 15 is 0 Å². The first kappa shape index (κ1) is 7.77. The first-order valence-electron chi connectivity index (χ1n) is 4.72. The molecule has 0 aliphatic heterocycles. The quantitative estimate of drug-likeness (QED) is 0.636. The van der Waals surface area contributed by atoms with Gasteiger partial charge < -0.3 is 0 Å². The van der Waals surface area contributed by atoms with E-state index in [4.69, 9.17) is 0 Å². The monoisotopic (exact) mass is 165 g/mol. The standard InChI is InChI=1S/C9H15N3/c1-12-9(10-7-11-12)8-5-3-2-4-6-8/h7-8H,2-6H2,1H3. The van der Waals surface area contributed by atoms with E-state index in [0.717, 1.165) is 0 Å². The van der Waals surface area contributed by atoms with Crippen LogP contribution in [0.2, 0.25) is 0 Å². The second kappa shape index (κ2) is 3.25. The topological polar surface area (TPSA) is 30.7 Å². The Morgan fingerprint density at radius 3 is 2.67 bits per heavy atom. The zero-order valence-electron chi connectivity index (χ0n) is 7.53. The average Bonchev–Trinajstić information content (AvgIpc) is 2.53. The number of hydrogen-bond donors (Lipinski definition) is 0. The molecule has 0 N–H and O–H groups in total. The van der Waals surface area contributed by atoms with Crippen molar-refractivity contribution in [3.63, 3.8) is 0 Å². The van der Waals surface area contributed by atoms with Crippen LogP contribution in [0.25, 0.3) is 0 Å². The van der Waals surface area contributed by atoms with Gasteiger partial charge in [-0.15, -0.1) is 0 Å². The van der Waals surface area contributed by atoms with Gasteiger partial charge >= 0.3 is 0 Å². The van der Waals surface area contributed by atoms with Crippen molar-refractivity contribution in [3.8, 4) is 0 Å². The third-order valence-electron chi connectivity index (χ3n) is 2.72. The van der Waals surface area contributed by atoms with E-state index in [0.29, 0.717) is 5.92 Å². The number of hydrogen-bond acceptors (Lipinski definition) is 2. The van der Waals surface area contributed by atoms with E-state index in [-0.39, 0.29) is 0 Å². The minimum Gasteiger partial charge on any atom is -0.253 e. The molecule has 0 aromatic carbocycles. The first-order valence-corrected chi connectivity index (χ1v) is 4.72. The van der Waals surface area contributed by atoms with Crippen LogP contribution < -0.4 is 0 Å². The summed E-state index contributed by atoms with van der Waals surface area (Å²) in [5.41, 5.74) is 0. The highest BCUT2D eigenvalue weighted by molar-refractivity contribution is 4.96. The maximum atomic E-state index is 4.29. The van der Waals surface area contributed by atoms with Gasteiger partial charge in [-0.05, 0) is 12.8 Å². The molecule has 0 spiro atoms. The van der Waals surface area contributed by atoms with Crippen LogP contribution >= 0.6 is 0 Å². The molecule has 0 bridgehead atoms. The van der Waals surface area contributed by atoms with Crippen LogP contribution in [-0.2, 0) is 7.05 Å². The zero-order valence-corrected chi connectivity index (χ0v) is 7.53. The Kier molecular flexibility index (Phi) is 2.11. The van der Waals surface area contributed by atoms with Crippen LogP contribution in [0.3, 0.4) is 0 Å². The van der Waals surface area contributed by atoms with Crippen molar-refractivity contribution in [2.45, 2.75) is 38.0 Å². The van der Waals surface area contributed by atoms with Crippen molar-refractivity contribution in [1.82, 2.24) is 14.8 Å². The molecular weight excluding hydrogens is 150 g/mol. The van der Waals surface area contributed by atoms with Crippen molar-refractivity contribution < 1.29 is 0 Å². The molecule has 0 radical (unpaired) electrons. The summed E-state index contributed by atoms with van der Waals surface area (Å²) in [4.78, 5) is 4.29. The molecule has 1 fully saturated rings. The molecule has 0 atom stereocenters. The molecule has 2 rings (SSSR count). The van der Waals surface area contributed by atoms with Crippen molar-refractivity contribution in [3.05, 3.63) is 12.2 Å². The van der Waals surface area contributed by atoms with Gasteiger partial charge in [0.1, 0.15) is 12.2 Å². The van der Waals surface area contributed by atoms with Crippen molar-refractivity contribution >= 4 is 0 Å². The Bertz CT molecular complexity index is 248. The third-order valence-corrected chi connectivity index (χ3v) is 2.72. The summed E-state index contributed by atoms with van der Waals surface area (Å²) < 4.78 is 1.91. The Balaban J connectivity index is 2.13. The molecule has 0 saturated heterocycles. The van der Waals surface area contributed by atoms with E-state index in [9.17, 15) is 0 Å². The summed E-state index contributed by atoms with van der Waals surface area (Å²) in [5, 5.41) is 4.10. The van der Waals surface area contributed by atoms with E-state index in [2.05, 4.69) is 10.1 Å². The van der Waals surface area contributed by atoms with Crippen LogP contribution in [-0.4, -0.2) is 14.8 Å². The van der Waals surface area contributed by atoms with E-state index in [1.165, 1.54) is 37.9 Å².